The summed E-state index contributed by atoms with van der Waals surface area (Å²) in [6.45, 7) is 4.40. The number of carbonyl (C=O) groups is 2. The third-order valence-corrected chi connectivity index (χ3v) is 8.97. The van der Waals surface area contributed by atoms with E-state index in [0.29, 0.717) is 11.4 Å². The van der Waals surface area contributed by atoms with Crippen LogP contribution in [0.15, 0.2) is 78.5 Å². The van der Waals surface area contributed by atoms with E-state index in [2.05, 4.69) is 58.5 Å². The Morgan fingerprint density at radius 3 is 2.08 bits per heavy atom. The van der Waals surface area contributed by atoms with Gasteiger partial charge < -0.3 is 10.2 Å². The largest absolute Gasteiger partial charge is 0.478 e. The lowest BCUT2D eigenvalue weighted by atomic mass is 9.77. The topological polar surface area (TPSA) is 113 Å². The monoisotopic (exact) mass is 551 g/mol. The smallest absolute Gasteiger partial charge is 0.335 e. The number of fused-ring (bicyclic) bond motifs is 1. The van der Waals surface area contributed by atoms with Crippen LogP contribution in [-0.4, -0.2) is 37.1 Å². The molecule has 1 aliphatic carbocycles. The van der Waals surface area contributed by atoms with Crippen LogP contribution >= 0.6 is 22.7 Å². The first-order chi connectivity index (χ1) is 18.7. The minimum atomic E-state index is -1.13. The van der Waals surface area contributed by atoms with Gasteiger partial charge in [-0.1, -0.05) is 26.0 Å². The quantitative estimate of drug-likeness (QED) is 0.226. The molecule has 39 heavy (non-hydrogen) atoms. The van der Waals surface area contributed by atoms with Gasteiger partial charge in [0.1, 0.15) is 0 Å². The van der Waals surface area contributed by atoms with Gasteiger partial charge in [0.05, 0.1) is 33.9 Å². The van der Waals surface area contributed by atoms with Crippen LogP contribution in [0.1, 0.15) is 45.0 Å². The summed E-state index contributed by atoms with van der Waals surface area (Å²) in [5.41, 5.74) is 4.51. The number of carboxylic acid groups (broad SMARTS) is 2. The molecule has 5 aromatic heterocycles. The average Bonchev–Trinajstić information content (AvgIpc) is 3.61. The minimum absolute atomic E-state index is 0.00626. The van der Waals surface area contributed by atoms with Crippen LogP contribution in [0.4, 0.5) is 0 Å². The van der Waals surface area contributed by atoms with Crippen molar-refractivity contribution in [1.29, 1.82) is 0 Å². The Kier molecular flexibility index (Phi) is 5.97. The van der Waals surface area contributed by atoms with Gasteiger partial charge >= 0.3 is 11.9 Å². The third kappa shape index (κ3) is 4.45. The zero-order chi connectivity index (χ0) is 27.3. The fourth-order valence-electron chi connectivity index (χ4n) is 4.83. The number of aromatic carboxylic acids is 2. The predicted octanol–water partition coefficient (Wildman–Crippen LogP) is 7.39. The fourth-order valence-corrected chi connectivity index (χ4v) is 7.13. The molecule has 1 aliphatic rings. The first-order valence-electron chi connectivity index (χ1n) is 12.0. The van der Waals surface area contributed by atoms with Crippen molar-refractivity contribution in [3.8, 4) is 22.8 Å². The highest BCUT2D eigenvalue weighted by atomic mass is 32.1. The number of aromatic nitrogens is 3. The number of carboxylic acids is 2. The van der Waals surface area contributed by atoms with Crippen LogP contribution in [0.25, 0.3) is 43.3 Å². The number of pyridine rings is 3. The van der Waals surface area contributed by atoms with Crippen molar-refractivity contribution >= 4 is 55.2 Å². The molecule has 0 unspecified atom stereocenters. The molecule has 0 spiro atoms. The lowest BCUT2D eigenvalue weighted by Gasteiger charge is -2.27. The van der Waals surface area contributed by atoms with Crippen LogP contribution < -0.4 is 0 Å². The molecule has 0 saturated heterocycles. The molecule has 0 radical (unpaired) electrons. The van der Waals surface area contributed by atoms with Crippen LogP contribution in [-0.2, 0) is 0 Å². The molecule has 0 aromatic carbocycles. The Morgan fingerprint density at radius 1 is 0.744 bits per heavy atom. The summed E-state index contributed by atoms with van der Waals surface area (Å²) in [5.74, 6) is -2.24. The minimum Gasteiger partial charge on any atom is -0.478 e. The summed E-state index contributed by atoms with van der Waals surface area (Å²) >= 11 is 3.54. The maximum Gasteiger partial charge on any atom is 0.335 e. The van der Waals surface area contributed by atoms with E-state index in [9.17, 15) is 19.8 Å². The van der Waals surface area contributed by atoms with Gasteiger partial charge in [-0.3, -0.25) is 9.97 Å². The van der Waals surface area contributed by atoms with Crippen molar-refractivity contribution in [3.05, 3.63) is 100 Å². The molecule has 5 heterocycles. The van der Waals surface area contributed by atoms with Crippen LogP contribution in [0.5, 0.6) is 0 Å². The fraction of sp³-hybridized carbons (Fsp3) is 0.100. The van der Waals surface area contributed by atoms with E-state index in [-0.39, 0.29) is 27.9 Å². The first kappa shape index (κ1) is 24.8. The molecular formula is C30H21N3O4S2. The van der Waals surface area contributed by atoms with Gasteiger partial charge in [0.25, 0.3) is 0 Å². The molecule has 0 amide bonds. The summed E-state index contributed by atoms with van der Waals surface area (Å²) in [4.78, 5) is 38.0. The van der Waals surface area contributed by atoms with Crippen molar-refractivity contribution in [3.63, 3.8) is 0 Å². The Labute approximate surface area is 231 Å². The van der Waals surface area contributed by atoms with Gasteiger partial charge in [0.15, 0.2) is 0 Å². The second-order valence-corrected chi connectivity index (χ2v) is 11.7. The molecule has 2 N–H and O–H groups in total. The summed E-state index contributed by atoms with van der Waals surface area (Å²) in [6.07, 6.45) is 7.37. The van der Waals surface area contributed by atoms with Gasteiger partial charge in [-0.05, 0) is 70.6 Å². The predicted molar refractivity (Wildman–Crippen MR) is 154 cm³/mol. The molecule has 192 valence electrons. The number of nitrogens with zero attached hydrogens (tertiary/aromatic N) is 3. The molecule has 0 aliphatic heterocycles. The number of thiophene rings is 2. The van der Waals surface area contributed by atoms with Crippen LogP contribution in [0.2, 0.25) is 0 Å². The van der Waals surface area contributed by atoms with E-state index in [4.69, 9.17) is 0 Å². The van der Waals surface area contributed by atoms with Gasteiger partial charge in [-0.25, -0.2) is 14.6 Å². The second kappa shape index (κ2) is 9.37. The Bertz CT molecular complexity index is 1830. The number of hydrogen-bond acceptors (Lipinski definition) is 7. The first-order valence-corrected chi connectivity index (χ1v) is 13.7. The Balaban J connectivity index is 1.38. The van der Waals surface area contributed by atoms with E-state index in [1.54, 1.807) is 28.9 Å². The highest BCUT2D eigenvalue weighted by molar-refractivity contribution is 7.27. The summed E-state index contributed by atoms with van der Waals surface area (Å²) in [6, 6.07) is 13.9. The molecular weight excluding hydrogens is 530 g/mol. The van der Waals surface area contributed by atoms with Gasteiger partial charge in [-0.15, -0.1) is 22.7 Å². The van der Waals surface area contributed by atoms with Crippen LogP contribution in [0.3, 0.4) is 0 Å². The molecule has 6 rings (SSSR count). The highest BCUT2D eigenvalue weighted by Gasteiger charge is 2.34. The second-order valence-electron chi connectivity index (χ2n) is 9.64. The van der Waals surface area contributed by atoms with Gasteiger partial charge in [-0.2, -0.15) is 0 Å². The molecule has 0 atom stereocenters. The van der Waals surface area contributed by atoms with Crippen molar-refractivity contribution in [2.24, 2.45) is 5.41 Å². The SMILES string of the molecule is CC1(C)C(c2ccnc(-c3cc(C(=O)O)cc(-c4cc(C(=O)O)ccn4)n3)c2)=CC=C1c1cc2sccc2s1. The lowest BCUT2D eigenvalue weighted by Crippen LogP contribution is -2.13. The summed E-state index contributed by atoms with van der Waals surface area (Å²) in [7, 11) is 0. The zero-order valence-electron chi connectivity index (χ0n) is 20.9. The van der Waals surface area contributed by atoms with E-state index in [1.807, 2.05) is 12.1 Å². The average molecular weight is 552 g/mol. The molecule has 0 bridgehead atoms. The molecule has 0 fully saturated rings. The standard InChI is InChI=1S/C30H21N3O4S2/c1-30(2)19(3-4-20(30)26-15-27-25(39-26)7-10-38-27)16-5-8-31-21(11-16)23-13-18(29(36)37)14-24(33-23)22-12-17(28(34)35)6-9-32-22/h3-15H,1-2H3,(H,34,35)(H,36,37). The Morgan fingerprint density at radius 2 is 1.38 bits per heavy atom. The van der Waals surface area contributed by atoms with Gasteiger partial charge in [0, 0.05) is 32.1 Å². The summed E-state index contributed by atoms with van der Waals surface area (Å²) < 4.78 is 2.57. The van der Waals surface area contributed by atoms with E-state index < -0.39 is 11.9 Å². The lowest BCUT2D eigenvalue weighted by molar-refractivity contribution is 0.0686. The molecule has 5 aromatic rings. The summed E-state index contributed by atoms with van der Waals surface area (Å²) in [5, 5.41) is 21.2. The number of hydrogen-bond donors (Lipinski definition) is 2. The Hall–Kier alpha value is -4.47. The van der Waals surface area contributed by atoms with E-state index >= 15 is 0 Å². The molecule has 9 heteroatoms. The zero-order valence-corrected chi connectivity index (χ0v) is 22.5. The van der Waals surface area contributed by atoms with Crippen LogP contribution in [0, 0.1) is 5.41 Å². The maximum atomic E-state index is 11.9. The van der Waals surface area contributed by atoms with Crippen molar-refractivity contribution in [2.75, 3.05) is 0 Å². The number of allylic oxidation sites excluding steroid dienone is 4. The van der Waals surface area contributed by atoms with Crippen molar-refractivity contribution < 1.29 is 19.8 Å². The van der Waals surface area contributed by atoms with E-state index in [0.717, 1.165) is 11.1 Å². The van der Waals surface area contributed by atoms with Crippen molar-refractivity contribution in [2.45, 2.75) is 13.8 Å². The normalized spacial score (nSPS) is 14.3. The van der Waals surface area contributed by atoms with Gasteiger partial charge in [0.2, 0.25) is 0 Å². The van der Waals surface area contributed by atoms with Crippen molar-refractivity contribution in [1.82, 2.24) is 15.0 Å². The molecule has 7 nitrogen and oxygen atoms in total. The van der Waals surface area contributed by atoms with E-state index in [1.165, 1.54) is 50.3 Å². The molecule has 0 saturated carbocycles. The highest BCUT2D eigenvalue weighted by Crippen LogP contribution is 2.52. The maximum absolute atomic E-state index is 11.9. The third-order valence-electron chi connectivity index (χ3n) is 6.84. The number of rotatable bonds is 6.